The van der Waals surface area contributed by atoms with Crippen molar-refractivity contribution >= 4 is 64.6 Å². The van der Waals surface area contributed by atoms with Crippen molar-refractivity contribution in [3.05, 3.63) is 154 Å². The van der Waals surface area contributed by atoms with Gasteiger partial charge in [0.1, 0.15) is 36.1 Å². The van der Waals surface area contributed by atoms with Crippen molar-refractivity contribution in [2.45, 2.75) is 89.5 Å². The Morgan fingerprint density at radius 1 is 0.632 bits per heavy atom. The molecule has 0 aliphatic carbocycles. The van der Waals surface area contributed by atoms with Crippen LogP contribution in [0.4, 0.5) is 11.4 Å². The number of amides is 1. The molecule has 414 valence electrons. The second-order valence-corrected chi connectivity index (χ2v) is 16.6. The second kappa shape index (κ2) is 35.6. The third-order valence-electron chi connectivity index (χ3n) is 9.89. The zero-order valence-corrected chi connectivity index (χ0v) is 42.2. The van der Waals surface area contributed by atoms with Crippen LogP contribution in [0.1, 0.15) is 51.8 Å². The molecule has 0 fully saturated rings. The summed E-state index contributed by atoms with van der Waals surface area (Å²) in [7, 11) is 0. The third kappa shape index (κ3) is 29.2. The fourth-order valence-corrected chi connectivity index (χ4v) is 5.81. The SMILES string of the molecule is Cc1ccc(C[C@@H](NC(=O)CCl)C(=O)O)cc1[N+](=O)[O-].Cc1ccc(C[C@H](N)C(=O)O)cc1.Cc1ccc(C[C@H](N)C(=O)O)cc1[N+](=O)[O-].NC(C[N+](=O)[O-])=NCCC[C@H](N)C(=O)O.N[C@@H](Cc1cccnc1)C(=O)O. The molecule has 0 spiro atoms. The van der Waals surface area contributed by atoms with Crippen LogP contribution in [-0.4, -0.2) is 136 Å². The number of benzene rings is 3. The van der Waals surface area contributed by atoms with E-state index >= 15 is 0 Å². The number of carboxylic acids is 5. The number of nitrogens with one attached hydrogen (secondary N) is 1. The molecule has 0 saturated carbocycles. The number of halogens is 1. The highest BCUT2D eigenvalue weighted by Gasteiger charge is 2.22. The van der Waals surface area contributed by atoms with Crippen molar-refractivity contribution in [1.29, 1.82) is 0 Å². The van der Waals surface area contributed by atoms with Gasteiger partial charge in [0.2, 0.25) is 5.91 Å². The first-order chi connectivity index (χ1) is 35.5. The Balaban J connectivity index is 0.000000935. The predicted octanol–water partition coefficient (Wildman–Crippen LogP) is 1.91. The number of alkyl halides is 1. The van der Waals surface area contributed by atoms with E-state index in [-0.39, 0.29) is 48.9 Å². The maximum absolute atomic E-state index is 11.1. The summed E-state index contributed by atoms with van der Waals surface area (Å²) in [4.78, 5) is 101. The molecular formula is C47H62ClN11O17. The number of nitro groups is 3. The van der Waals surface area contributed by atoms with Gasteiger partial charge in [0.15, 0.2) is 5.84 Å². The highest BCUT2D eigenvalue weighted by molar-refractivity contribution is 6.27. The fourth-order valence-electron chi connectivity index (χ4n) is 5.73. The first kappa shape index (κ1) is 67.4. The summed E-state index contributed by atoms with van der Waals surface area (Å²) >= 11 is 5.30. The summed E-state index contributed by atoms with van der Waals surface area (Å²) in [6.45, 7) is 4.96. The zero-order valence-electron chi connectivity index (χ0n) is 41.5. The van der Waals surface area contributed by atoms with E-state index in [4.69, 9.17) is 65.8 Å². The van der Waals surface area contributed by atoms with Crippen LogP contribution in [0.25, 0.3) is 0 Å². The van der Waals surface area contributed by atoms with Gasteiger partial charge >= 0.3 is 29.8 Å². The third-order valence-corrected chi connectivity index (χ3v) is 10.1. The van der Waals surface area contributed by atoms with Gasteiger partial charge in [0.25, 0.3) is 17.9 Å². The van der Waals surface area contributed by atoms with Crippen LogP contribution in [-0.2, 0) is 54.5 Å². The minimum atomic E-state index is -1.23. The molecule has 5 atom stereocenters. The second-order valence-electron chi connectivity index (χ2n) is 16.3. The van der Waals surface area contributed by atoms with Crippen LogP contribution in [0.5, 0.6) is 0 Å². The summed E-state index contributed by atoms with van der Waals surface area (Å²) in [6.07, 6.45) is 4.68. The van der Waals surface area contributed by atoms with Crippen LogP contribution in [0, 0.1) is 51.1 Å². The summed E-state index contributed by atoms with van der Waals surface area (Å²) in [6, 6.07) is 15.5. The van der Waals surface area contributed by atoms with E-state index in [0.29, 0.717) is 41.5 Å². The standard InChI is InChI=1S/C12H13ClN2O5.C10H12N2O4.C10H13NO2.C8H10N2O2.C7H14N4O4/c1-7-2-3-8(5-10(7)15(19)20)4-9(12(17)18)14-11(16)6-13;1-6-2-3-7(4-8(11)10(13)14)5-9(6)12(15)16;1-7-2-4-8(5-3-7)6-9(11)10(12)13;9-7(8(11)12)4-6-2-1-3-10-5-6;8-5(7(12)13)2-1-3-10-6(9)4-11(14)15/h2-3,5,9H,4,6H2,1H3,(H,14,16)(H,17,18);2-3,5,8H,4,11H2,1H3,(H,13,14);2-5,9H,6,11H2,1H3,(H,12,13);1-3,5,7H,4,9H2,(H,11,12);5H,1-4,8H2,(H2,9,10)(H,12,13)/t9-;8-;9-;7-;5-/m10000/s1. The van der Waals surface area contributed by atoms with Gasteiger partial charge in [-0.05, 0) is 81.2 Å². The summed E-state index contributed by atoms with van der Waals surface area (Å²) in [5, 5.41) is 76.8. The first-order valence-corrected chi connectivity index (χ1v) is 22.9. The van der Waals surface area contributed by atoms with E-state index in [1.165, 1.54) is 18.2 Å². The molecule has 1 amide bonds. The molecule has 76 heavy (non-hydrogen) atoms. The number of hydrogen-bond donors (Lipinski definition) is 11. The van der Waals surface area contributed by atoms with Crippen LogP contribution >= 0.6 is 11.6 Å². The van der Waals surface area contributed by atoms with E-state index in [9.17, 15) is 59.1 Å². The minimum Gasteiger partial charge on any atom is -0.480 e. The van der Waals surface area contributed by atoms with Crippen molar-refractivity contribution in [2.75, 3.05) is 19.0 Å². The fraction of sp³-hybridized carbons (Fsp3) is 0.362. The van der Waals surface area contributed by atoms with Crippen LogP contribution in [0.15, 0.2) is 90.2 Å². The molecule has 0 aliphatic heterocycles. The normalized spacial score (nSPS) is 12.4. The zero-order chi connectivity index (χ0) is 58.2. The number of hydrogen-bond acceptors (Lipinski definition) is 18. The van der Waals surface area contributed by atoms with Crippen LogP contribution < -0.4 is 34.0 Å². The molecule has 16 N–H and O–H groups in total. The Labute approximate surface area is 439 Å². The molecule has 3 aromatic carbocycles. The first-order valence-electron chi connectivity index (χ1n) is 22.3. The Kier molecular flexibility index (Phi) is 31.5. The van der Waals surface area contributed by atoms with E-state index in [2.05, 4.69) is 15.3 Å². The maximum Gasteiger partial charge on any atom is 0.326 e. The number of carboxylic acid groups (broad SMARTS) is 5. The highest BCUT2D eigenvalue weighted by Crippen LogP contribution is 2.21. The van der Waals surface area contributed by atoms with Gasteiger partial charge in [0, 0.05) is 53.5 Å². The Hall–Kier alpha value is -8.57. The van der Waals surface area contributed by atoms with Crippen molar-refractivity contribution in [2.24, 2.45) is 33.7 Å². The number of aryl methyl sites for hydroxylation is 3. The molecule has 0 unspecified atom stereocenters. The molecular weight excluding hydrogens is 1030 g/mol. The van der Waals surface area contributed by atoms with Gasteiger partial charge in [-0.2, -0.15) is 0 Å². The number of nitro benzene ring substituents is 2. The molecule has 4 aromatic rings. The van der Waals surface area contributed by atoms with E-state index in [0.717, 1.165) is 16.7 Å². The molecule has 0 radical (unpaired) electrons. The number of amidine groups is 1. The molecule has 1 heterocycles. The maximum atomic E-state index is 11.1. The minimum absolute atomic E-state index is 0.0184. The summed E-state index contributed by atoms with van der Waals surface area (Å²) < 4.78 is 0. The van der Waals surface area contributed by atoms with E-state index in [1.54, 1.807) is 56.6 Å². The monoisotopic (exact) mass is 1090 g/mol. The lowest BCUT2D eigenvalue weighted by Gasteiger charge is -2.13. The topological polar surface area (TPSA) is 500 Å². The Morgan fingerprint density at radius 2 is 1.07 bits per heavy atom. The number of carbonyl (C=O) groups excluding carboxylic acids is 1. The molecule has 4 rings (SSSR count). The van der Waals surface area contributed by atoms with Gasteiger partial charge in [0.05, 0.1) is 9.85 Å². The number of nitrogens with two attached hydrogens (primary N) is 5. The molecule has 0 aliphatic rings. The number of aliphatic imine (C=N–C) groups is 1. The highest BCUT2D eigenvalue weighted by atomic mass is 35.5. The molecule has 1 aromatic heterocycles. The average molecular weight is 1090 g/mol. The number of aromatic nitrogens is 1. The lowest BCUT2D eigenvalue weighted by atomic mass is 10.0. The smallest absolute Gasteiger partial charge is 0.326 e. The van der Waals surface area contributed by atoms with Gasteiger partial charge in [-0.25, -0.2) is 4.79 Å². The average Bonchev–Trinajstić information content (AvgIpc) is 3.34. The van der Waals surface area contributed by atoms with Gasteiger partial charge in [-0.3, -0.25) is 64.3 Å². The molecule has 0 bridgehead atoms. The van der Waals surface area contributed by atoms with Crippen LogP contribution in [0.2, 0.25) is 0 Å². The quantitative estimate of drug-likeness (QED) is 0.0126. The number of nitrogens with zero attached hydrogens (tertiary/aromatic N) is 5. The molecule has 29 heteroatoms. The van der Waals surface area contributed by atoms with Crippen molar-refractivity contribution in [3.8, 4) is 0 Å². The predicted molar refractivity (Wildman–Crippen MR) is 276 cm³/mol. The van der Waals surface area contributed by atoms with E-state index in [1.807, 2.05) is 31.2 Å². The van der Waals surface area contributed by atoms with Gasteiger partial charge < -0.3 is 59.5 Å². The number of aliphatic carboxylic acids is 5. The summed E-state index contributed by atoms with van der Waals surface area (Å²) in [5.74, 6) is -6.39. The Morgan fingerprint density at radius 3 is 1.46 bits per heavy atom. The van der Waals surface area contributed by atoms with E-state index < -0.39 is 87.3 Å². The lowest BCUT2D eigenvalue weighted by molar-refractivity contribution is -0.463. The van der Waals surface area contributed by atoms with Crippen LogP contribution in [0.3, 0.4) is 0 Å². The molecule has 0 saturated heterocycles. The summed E-state index contributed by atoms with van der Waals surface area (Å²) in [5.41, 5.74) is 31.4. The van der Waals surface area contributed by atoms with Gasteiger partial charge in [-0.1, -0.05) is 60.2 Å². The molecule has 28 nitrogen and oxygen atoms in total. The Bertz CT molecular complexity index is 2610. The van der Waals surface area contributed by atoms with Gasteiger partial charge in [-0.15, -0.1) is 11.6 Å². The largest absolute Gasteiger partial charge is 0.480 e. The number of rotatable bonds is 23. The van der Waals surface area contributed by atoms with Crippen molar-refractivity contribution in [3.63, 3.8) is 0 Å². The van der Waals surface area contributed by atoms with Crippen molar-refractivity contribution < 1.29 is 69.1 Å². The van der Waals surface area contributed by atoms with Crippen molar-refractivity contribution in [1.82, 2.24) is 10.3 Å². The lowest BCUT2D eigenvalue weighted by Crippen LogP contribution is -2.42. The number of pyridine rings is 1. The number of carbonyl (C=O) groups is 6.